The Labute approximate surface area is 231 Å². The summed E-state index contributed by atoms with van der Waals surface area (Å²) in [5, 5.41) is 8.76. The Morgan fingerprint density at radius 1 is 0.825 bits per heavy atom. The Morgan fingerprint density at radius 3 is 1.95 bits per heavy atom. The normalized spacial score (nSPS) is 29.5. The van der Waals surface area contributed by atoms with E-state index in [1.54, 1.807) is 0 Å². The van der Waals surface area contributed by atoms with Gasteiger partial charge in [-0.15, -0.1) is 0 Å². The molecule has 0 atom stereocenters. The Balaban J connectivity index is 1.11. The molecule has 0 spiro atoms. The third-order valence-corrected chi connectivity index (χ3v) is 8.87. The molecule has 216 valence electrons. The van der Waals surface area contributed by atoms with E-state index in [9.17, 15) is 17.6 Å². The van der Waals surface area contributed by atoms with Crippen molar-refractivity contribution in [2.45, 2.75) is 76.6 Å². The first-order valence-electron chi connectivity index (χ1n) is 14.1. The van der Waals surface area contributed by atoms with E-state index in [1.807, 2.05) is 19.1 Å². The van der Waals surface area contributed by atoms with Crippen LogP contribution in [-0.4, -0.2) is 19.3 Å². The van der Waals surface area contributed by atoms with E-state index < -0.39 is 41.3 Å². The molecule has 4 nitrogen and oxygen atoms in total. The summed E-state index contributed by atoms with van der Waals surface area (Å²) in [5.74, 6) is -3.23. The van der Waals surface area contributed by atoms with Crippen LogP contribution in [0, 0.1) is 52.5 Å². The number of ether oxygens (including phenoxy) is 3. The Morgan fingerprint density at radius 2 is 1.40 bits per heavy atom. The van der Waals surface area contributed by atoms with Gasteiger partial charge >= 0.3 is 6.11 Å². The number of benzene rings is 2. The lowest BCUT2D eigenvalue weighted by atomic mass is 9.68. The first-order chi connectivity index (χ1) is 19.1. The highest BCUT2D eigenvalue weighted by atomic mass is 19.3. The van der Waals surface area contributed by atoms with Gasteiger partial charge in [-0.1, -0.05) is 19.1 Å². The quantitative estimate of drug-likeness (QED) is 0.331. The van der Waals surface area contributed by atoms with Gasteiger partial charge in [-0.05, 0) is 80.8 Å². The van der Waals surface area contributed by atoms with Gasteiger partial charge in [0.05, 0.1) is 19.1 Å². The van der Waals surface area contributed by atoms with Crippen LogP contribution in [0.5, 0.6) is 5.75 Å². The average Bonchev–Trinajstić information content (AvgIpc) is 2.93. The lowest BCUT2D eigenvalue weighted by Gasteiger charge is -2.39. The fraction of sp³-hybridized carbons (Fsp3) is 0.581. The lowest BCUT2D eigenvalue weighted by Crippen LogP contribution is -2.38. The van der Waals surface area contributed by atoms with Crippen molar-refractivity contribution in [1.82, 2.24) is 0 Å². The summed E-state index contributed by atoms with van der Waals surface area (Å²) in [6, 6.07) is 7.85. The number of nitriles is 1. The zero-order valence-electron chi connectivity index (χ0n) is 22.5. The number of rotatable bonds is 6. The molecule has 0 bridgehead atoms. The smallest absolute Gasteiger partial charge is 0.400 e. The minimum atomic E-state index is -3.58. The molecule has 9 heteroatoms. The zero-order valence-corrected chi connectivity index (χ0v) is 22.5. The highest BCUT2D eigenvalue weighted by Crippen LogP contribution is 2.47. The van der Waals surface area contributed by atoms with Gasteiger partial charge < -0.3 is 14.2 Å². The fourth-order valence-corrected chi connectivity index (χ4v) is 6.60. The van der Waals surface area contributed by atoms with Crippen molar-refractivity contribution in [2.24, 2.45) is 23.7 Å². The molecule has 1 saturated heterocycles. The summed E-state index contributed by atoms with van der Waals surface area (Å²) in [4.78, 5) is 0. The molecule has 40 heavy (non-hydrogen) atoms. The third-order valence-electron chi connectivity index (χ3n) is 8.87. The van der Waals surface area contributed by atoms with Gasteiger partial charge in [0.2, 0.25) is 0 Å². The van der Waals surface area contributed by atoms with Crippen LogP contribution in [0.15, 0.2) is 30.3 Å². The summed E-state index contributed by atoms with van der Waals surface area (Å²) < 4.78 is 88.6. The van der Waals surface area contributed by atoms with Gasteiger partial charge in [0.25, 0.3) is 0 Å². The van der Waals surface area contributed by atoms with Crippen molar-refractivity contribution in [1.29, 1.82) is 5.26 Å². The molecule has 0 unspecified atom stereocenters. The maximum atomic E-state index is 15.1. The van der Waals surface area contributed by atoms with Crippen LogP contribution in [0.4, 0.5) is 22.0 Å². The molecule has 1 heterocycles. The number of halogens is 5. The zero-order chi connectivity index (χ0) is 28.4. The molecule has 3 aliphatic rings. The van der Waals surface area contributed by atoms with Crippen molar-refractivity contribution in [2.75, 3.05) is 13.2 Å². The monoisotopic (exact) mass is 563 g/mol. The number of hydrogen-bond donors (Lipinski definition) is 0. The Bertz CT molecular complexity index is 1200. The maximum absolute atomic E-state index is 15.1. The van der Waals surface area contributed by atoms with Gasteiger partial charge in [-0.25, -0.2) is 13.2 Å². The Kier molecular flexibility index (Phi) is 8.67. The number of hydrogen-bond acceptors (Lipinski definition) is 4. The van der Waals surface area contributed by atoms with Crippen LogP contribution in [0.25, 0.3) is 0 Å². The SMILES string of the molecule is CC1COC(c2ccc(C3CCC(C4CCC(C(F)(F)Oc5cc(F)c(C#N)c(F)c5)CC4)CC3)c(F)c2)OC1. The number of alkyl halides is 2. The van der Waals surface area contributed by atoms with Gasteiger partial charge in [0, 0.05) is 23.6 Å². The van der Waals surface area contributed by atoms with Crippen molar-refractivity contribution < 1.29 is 36.2 Å². The largest absolute Gasteiger partial charge is 0.432 e. The summed E-state index contributed by atoms with van der Waals surface area (Å²) >= 11 is 0. The highest BCUT2D eigenvalue weighted by Gasteiger charge is 2.45. The van der Waals surface area contributed by atoms with Crippen LogP contribution in [-0.2, 0) is 9.47 Å². The summed E-state index contributed by atoms with van der Waals surface area (Å²) in [5.41, 5.74) is 0.570. The van der Waals surface area contributed by atoms with E-state index in [-0.39, 0.29) is 24.6 Å². The van der Waals surface area contributed by atoms with Crippen molar-refractivity contribution >= 4 is 0 Å². The van der Waals surface area contributed by atoms with E-state index in [2.05, 4.69) is 0 Å². The minimum absolute atomic E-state index is 0.126. The summed E-state index contributed by atoms with van der Waals surface area (Å²) in [7, 11) is 0. The molecule has 2 saturated carbocycles. The predicted molar refractivity (Wildman–Crippen MR) is 137 cm³/mol. The molecule has 5 rings (SSSR count). The summed E-state index contributed by atoms with van der Waals surface area (Å²) in [6.45, 7) is 3.21. The molecule has 2 aliphatic carbocycles. The van der Waals surface area contributed by atoms with Crippen LogP contribution >= 0.6 is 0 Å². The minimum Gasteiger partial charge on any atom is -0.432 e. The van der Waals surface area contributed by atoms with Gasteiger partial charge in [0.1, 0.15) is 34.8 Å². The maximum Gasteiger partial charge on any atom is 0.400 e. The molecular formula is C31H34F5NO3. The van der Waals surface area contributed by atoms with E-state index in [0.717, 1.165) is 25.7 Å². The molecule has 1 aliphatic heterocycles. The topological polar surface area (TPSA) is 51.5 Å². The van der Waals surface area contributed by atoms with Crippen molar-refractivity contribution in [3.8, 4) is 11.8 Å². The second kappa shape index (κ2) is 12.0. The molecule has 0 radical (unpaired) electrons. The van der Waals surface area contributed by atoms with Crippen LogP contribution in [0.1, 0.15) is 87.2 Å². The molecule has 3 fully saturated rings. The highest BCUT2D eigenvalue weighted by molar-refractivity contribution is 5.38. The van der Waals surface area contributed by atoms with Crippen LogP contribution in [0.2, 0.25) is 0 Å². The standard InChI is InChI=1S/C31H34F5NO3/c1-18-16-38-30(39-17-18)22-8-11-25(27(32)12-22)21-4-2-19(3-5-21)20-6-9-23(10-7-20)31(35,36)40-24-13-28(33)26(15-37)29(34)14-24/h8,11-14,18-21,23,30H,2-7,9-10,16-17H2,1H3. The van der Waals surface area contributed by atoms with Crippen LogP contribution < -0.4 is 4.74 Å². The molecule has 0 N–H and O–H groups in total. The van der Waals surface area contributed by atoms with Crippen LogP contribution in [0.3, 0.4) is 0 Å². The average molecular weight is 564 g/mol. The van der Waals surface area contributed by atoms with Crippen molar-refractivity contribution in [3.05, 3.63) is 64.5 Å². The van der Waals surface area contributed by atoms with Gasteiger partial charge in [0.15, 0.2) is 6.29 Å². The van der Waals surface area contributed by atoms with E-state index in [0.29, 0.717) is 67.1 Å². The predicted octanol–water partition coefficient (Wildman–Crippen LogP) is 8.41. The first kappa shape index (κ1) is 28.8. The lowest BCUT2D eigenvalue weighted by molar-refractivity contribution is -0.224. The van der Waals surface area contributed by atoms with E-state index in [4.69, 9.17) is 19.5 Å². The fourth-order valence-electron chi connectivity index (χ4n) is 6.60. The van der Waals surface area contributed by atoms with E-state index >= 15 is 4.39 Å². The molecule has 2 aromatic rings. The molecule has 0 aromatic heterocycles. The molecule has 0 amide bonds. The third kappa shape index (κ3) is 6.28. The first-order valence-corrected chi connectivity index (χ1v) is 14.1. The molecular weight excluding hydrogens is 529 g/mol. The van der Waals surface area contributed by atoms with Crippen molar-refractivity contribution in [3.63, 3.8) is 0 Å². The van der Waals surface area contributed by atoms with Gasteiger partial charge in [-0.2, -0.15) is 14.0 Å². The van der Waals surface area contributed by atoms with E-state index in [1.165, 1.54) is 12.1 Å². The summed E-state index contributed by atoms with van der Waals surface area (Å²) in [6.07, 6.45) is 1.18. The molecule has 2 aromatic carbocycles. The Hall–Kier alpha value is -2.70. The van der Waals surface area contributed by atoms with Gasteiger partial charge in [-0.3, -0.25) is 0 Å². The second-order valence-electron chi connectivity index (χ2n) is 11.6. The number of nitrogens with zero attached hydrogens (tertiary/aromatic N) is 1. The second-order valence-corrected chi connectivity index (χ2v) is 11.6.